The van der Waals surface area contributed by atoms with Gasteiger partial charge in [0.05, 0.1) is 10.5 Å². The summed E-state index contributed by atoms with van der Waals surface area (Å²) in [4.78, 5) is 25.1. The Bertz CT molecular complexity index is 666. The summed E-state index contributed by atoms with van der Waals surface area (Å²) in [5.74, 6) is 1.17. The highest BCUT2D eigenvalue weighted by atomic mass is 16.6. The number of nitro groups is 1. The van der Waals surface area contributed by atoms with Crippen LogP contribution in [0.1, 0.15) is 41.8 Å². The zero-order chi connectivity index (χ0) is 15.4. The molecular weight excluding hydrogens is 278 g/mol. The molecule has 0 spiro atoms. The summed E-state index contributed by atoms with van der Waals surface area (Å²) >= 11 is 0. The molecule has 0 aliphatic rings. The molecule has 0 aliphatic heterocycles. The fourth-order valence-corrected chi connectivity index (χ4v) is 1.58. The lowest BCUT2D eigenvalue weighted by Crippen LogP contribution is -2.01. The number of carbonyl (C=O) groups excluding carboxylic acids is 1. The minimum Gasteiger partial charge on any atom is -0.485 e. The lowest BCUT2D eigenvalue weighted by Gasteiger charge is -2.05. The van der Waals surface area contributed by atoms with Gasteiger partial charge in [0.2, 0.25) is 11.7 Å². The first kappa shape index (κ1) is 14.6. The molecule has 0 bridgehead atoms. The van der Waals surface area contributed by atoms with Gasteiger partial charge in [0, 0.05) is 18.1 Å². The molecular formula is C13H13N3O5. The van der Waals surface area contributed by atoms with E-state index in [9.17, 15) is 14.9 Å². The maximum absolute atomic E-state index is 11.0. The summed E-state index contributed by atoms with van der Waals surface area (Å²) in [6, 6.07) is 3.78. The second kappa shape index (κ2) is 6.12. The van der Waals surface area contributed by atoms with Crippen LogP contribution in [0.25, 0.3) is 0 Å². The smallest absolute Gasteiger partial charge is 0.270 e. The largest absolute Gasteiger partial charge is 0.485 e. The zero-order valence-corrected chi connectivity index (χ0v) is 11.5. The van der Waals surface area contributed by atoms with Crippen molar-refractivity contribution in [1.29, 1.82) is 0 Å². The monoisotopic (exact) mass is 291 g/mol. The highest BCUT2D eigenvalue weighted by Gasteiger charge is 2.14. The van der Waals surface area contributed by atoms with Crippen molar-refractivity contribution in [2.75, 3.05) is 0 Å². The van der Waals surface area contributed by atoms with Crippen LogP contribution in [0.5, 0.6) is 5.75 Å². The zero-order valence-electron chi connectivity index (χ0n) is 11.5. The molecule has 1 heterocycles. The highest BCUT2D eigenvalue weighted by Crippen LogP contribution is 2.23. The summed E-state index contributed by atoms with van der Waals surface area (Å²) in [5.41, 5.74) is -0.0807. The van der Waals surface area contributed by atoms with E-state index < -0.39 is 4.92 Å². The predicted octanol–water partition coefficient (Wildman–Crippen LogP) is 2.49. The van der Waals surface area contributed by atoms with E-state index in [-0.39, 0.29) is 29.5 Å². The molecule has 0 fully saturated rings. The Balaban J connectivity index is 2.11. The highest BCUT2D eigenvalue weighted by molar-refractivity contribution is 5.80. The molecule has 0 N–H and O–H groups in total. The average molecular weight is 291 g/mol. The van der Waals surface area contributed by atoms with E-state index in [0.29, 0.717) is 18.0 Å². The van der Waals surface area contributed by atoms with Gasteiger partial charge < -0.3 is 9.26 Å². The van der Waals surface area contributed by atoms with Crippen LogP contribution in [0.4, 0.5) is 5.69 Å². The molecule has 0 saturated heterocycles. The second-order valence-corrected chi connectivity index (χ2v) is 4.59. The van der Waals surface area contributed by atoms with Gasteiger partial charge >= 0.3 is 0 Å². The van der Waals surface area contributed by atoms with Crippen molar-refractivity contribution in [2.24, 2.45) is 0 Å². The van der Waals surface area contributed by atoms with Crippen molar-refractivity contribution in [3.8, 4) is 5.75 Å². The Morgan fingerprint density at radius 2 is 2.24 bits per heavy atom. The Kier molecular flexibility index (Phi) is 4.27. The molecule has 8 nitrogen and oxygen atoms in total. The second-order valence-electron chi connectivity index (χ2n) is 4.59. The first-order valence-corrected chi connectivity index (χ1v) is 6.20. The van der Waals surface area contributed by atoms with Gasteiger partial charge in [-0.05, 0) is 6.07 Å². The van der Waals surface area contributed by atoms with Crippen LogP contribution in [-0.2, 0) is 6.61 Å². The van der Waals surface area contributed by atoms with Crippen LogP contribution in [0.2, 0.25) is 0 Å². The first-order chi connectivity index (χ1) is 10.0. The number of rotatable bonds is 6. The van der Waals surface area contributed by atoms with Crippen LogP contribution >= 0.6 is 0 Å². The van der Waals surface area contributed by atoms with Crippen LogP contribution in [0.3, 0.4) is 0 Å². The molecule has 110 valence electrons. The van der Waals surface area contributed by atoms with Gasteiger partial charge in [0.15, 0.2) is 12.9 Å². The number of benzene rings is 1. The molecule has 2 aromatic rings. The Morgan fingerprint density at radius 1 is 1.48 bits per heavy atom. The van der Waals surface area contributed by atoms with E-state index in [1.165, 1.54) is 12.1 Å². The van der Waals surface area contributed by atoms with Gasteiger partial charge in [-0.15, -0.1) is 0 Å². The summed E-state index contributed by atoms with van der Waals surface area (Å²) in [7, 11) is 0. The van der Waals surface area contributed by atoms with Crippen molar-refractivity contribution >= 4 is 12.0 Å². The molecule has 21 heavy (non-hydrogen) atoms. The standard InChI is InChI=1S/C13H13N3O5/c1-8(2)13-14-12(15-21-13)7-20-11-4-3-10(16(18)19)5-9(11)6-17/h3-6,8H,7H2,1-2H3. The topological polar surface area (TPSA) is 108 Å². The van der Waals surface area contributed by atoms with Crippen molar-refractivity contribution in [3.05, 3.63) is 45.6 Å². The average Bonchev–Trinajstić information content (AvgIpc) is 2.93. The molecule has 0 unspecified atom stereocenters. The third-order valence-corrected chi connectivity index (χ3v) is 2.67. The van der Waals surface area contributed by atoms with Crippen molar-refractivity contribution in [1.82, 2.24) is 10.1 Å². The number of aldehydes is 1. The number of aromatic nitrogens is 2. The maximum Gasteiger partial charge on any atom is 0.270 e. The predicted molar refractivity (Wildman–Crippen MR) is 71.2 cm³/mol. The van der Waals surface area contributed by atoms with Crippen molar-refractivity contribution in [2.45, 2.75) is 26.4 Å². The Hall–Kier alpha value is -2.77. The van der Waals surface area contributed by atoms with Crippen LogP contribution < -0.4 is 4.74 Å². The van der Waals surface area contributed by atoms with E-state index in [1.54, 1.807) is 0 Å². The Labute approximate surface area is 119 Å². The van der Waals surface area contributed by atoms with Gasteiger partial charge in [-0.1, -0.05) is 19.0 Å². The SMILES string of the molecule is CC(C)c1nc(COc2ccc([N+](=O)[O-])cc2C=O)no1. The normalized spacial score (nSPS) is 10.6. The van der Waals surface area contributed by atoms with Gasteiger partial charge in [-0.2, -0.15) is 4.98 Å². The van der Waals surface area contributed by atoms with Crippen LogP contribution in [0, 0.1) is 10.1 Å². The fourth-order valence-electron chi connectivity index (χ4n) is 1.58. The quantitative estimate of drug-likeness (QED) is 0.457. The van der Waals surface area contributed by atoms with E-state index in [0.717, 1.165) is 6.07 Å². The molecule has 0 atom stereocenters. The van der Waals surface area contributed by atoms with Crippen molar-refractivity contribution in [3.63, 3.8) is 0 Å². The van der Waals surface area contributed by atoms with Gasteiger partial charge in [0.25, 0.3) is 5.69 Å². The molecule has 0 amide bonds. The third kappa shape index (κ3) is 3.41. The number of nitro benzene ring substituents is 1. The van der Waals surface area contributed by atoms with Gasteiger partial charge in [0.1, 0.15) is 5.75 Å². The Morgan fingerprint density at radius 3 is 2.81 bits per heavy atom. The molecule has 2 rings (SSSR count). The number of carbonyl (C=O) groups is 1. The molecule has 0 aliphatic carbocycles. The van der Waals surface area contributed by atoms with Crippen LogP contribution in [-0.4, -0.2) is 21.4 Å². The lowest BCUT2D eigenvalue weighted by molar-refractivity contribution is -0.384. The number of hydrogen-bond donors (Lipinski definition) is 0. The van der Waals surface area contributed by atoms with Crippen LogP contribution in [0.15, 0.2) is 22.7 Å². The summed E-state index contributed by atoms with van der Waals surface area (Å²) in [6.45, 7) is 3.84. The first-order valence-electron chi connectivity index (χ1n) is 6.20. The molecule has 1 aromatic carbocycles. The molecule has 1 aromatic heterocycles. The molecule has 0 saturated carbocycles. The number of nitrogens with zero attached hydrogens (tertiary/aromatic N) is 3. The van der Waals surface area contributed by atoms with Crippen molar-refractivity contribution < 1.29 is 19.0 Å². The summed E-state index contributed by atoms with van der Waals surface area (Å²) in [5, 5.41) is 14.4. The summed E-state index contributed by atoms with van der Waals surface area (Å²) in [6.07, 6.45) is 0.498. The van der Waals surface area contributed by atoms with E-state index in [1.807, 2.05) is 13.8 Å². The summed E-state index contributed by atoms with van der Waals surface area (Å²) < 4.78 is 10.4. The lowest BCUT2D eigenvalue weighted by atomic mass is 10.2. The van der Waals surface area contributed by atoms with E-state index >= 15 is 0 Å². The third-order valence-electron chi connectivity index (χ3n) is 2.67. The minimum absolute atomic E-state index is 0.00880. The number of ether oxygens (including phenoxy) is 1. The van der Waals surface area contributed by atoms with Gasteiger partial charge in [-0.3, -0.25) is 14.9 Å². The minimum atomic E-state index is -0.578. The number of non-ortho nitro benzene ring substituents is 1. The molecule has 0 radical (unpaired) electrons. The van der Waals surface area contributed by atoms with Gasteiger partial charge in [-0.25, -0.2) is 0 Å². The maximum atomic E-state index is 11.0. The number of hydrogen-bond acceptors (Lipinski definition) is 7. The van der Waals surface area contributed by atoms with E-state index in [4.69, 9.17) is 9.26 Å². The molecule has 8 heteroatoms. The van der Waals surface area contributed by atoms with E-state index in [2.05, 4.69) is 10.1 Å². The fraction of sp³-hybridized carbons (Fsp3) is 0.308.